The van der Waals surface area contributed by atoms with Gasteiger partial charge < -0.3 is 10.2 Å². The van der Waals surface area contributed by atoms with Crippen molar-refractivity contribution in [1.82, 2.24) is 10.2 Å². The van der Waals surface area contributed by atoms with Crippen LogP contribution in [-0.2, 0) is 4.79 Å². The van der Waals surface area contributed by atoms with Crippen LogP contribution in [0.2, 0.25) is 10.0 Å². The topological polar surface area (TPSA) is 49.4 Å². The van der Waals surface area contributed by atoms with Crippen molar-refractivity contribution >= 4 is 35.0 Å². The maximum atomic E-state index is 12.1. The van der Waals surface area contributed by atoms with E-state index in [0.717, 1.165) is 25.9 Å². The molecule has 4 nitrogen and oxygen atoms in total. The molecule has 6 heteroatoms. The number of hydrogen-bond acceptors (Lipinski definition) is 2. The highest BCUT2D eigenvalue weighted by Crippen LogP contribution is 2.22. The van der Waals surface area contributed by atoms with Crippen molar-refractivity contribution < 1.29 is 9.59 Å². The number of rotatable bonds is 3. The highest BCUT2D eigenvalue weighted by molar-refractivity contribution is 6.42. The lowest BCUT2D eigenvalue weighted by atomic mass is 10.2. The maximum absolute atomic E-state index is 12.1. The molecule has 1 fully saturated rings. The molecule has 21 heavy (non-hydrogen) atoms. The van der Waals surface area contributed by atoms with Gasteiger partial charge in [0.2, 0.25) is 5.91 Å². The zero-order chi connectivity index (χ0) is 15.2. The van der Waals surface area contributed by atoms with Crippen molar-refractivity contribution in [3.05, 3.63) is 33.8 Å². The molecule has 1 saturated heterocycles. The lowest BCUT2D eigenvalue weighted by Crippen LogP contribution is -2.40. The first-order valence-corrected chi connectivity index (χ1v) is 7.84. The highest BCUT2D eigenvalue weighted by Gasteiger charge is 2.16. The van der Waals surface area contributed by atoms with E-state index in [-0.39, 0.29) is 18.4 Å². The Balaban J connectivity index is 1.87. The molecule has 0 spiro atoms. The van der Waals surface area contributed by atoms with Crippen LogP contribution < -0.4 is 5.32 Å². The van der Waals surface area contributed by atoms with Crippen LogP contribution in [0.5, 0.6) is 0 Å². The minimum absolute atomic E-state index is 0.0130. The predicted octanol–water partition coefficient (Wildman–Crippen LogP) is 3.13. The van der Waals surface area contributed by atoms with Crippen LogP contribution >= 0.6 is 23.2 Å². The number of amides is 2. The largest absolute Gasteiger partial charge is 0.343 e. The van der Waals surface area contributed by atoms with Gasteiger partial charge in [-0.25, -0.2) is 0 Å². The Labute approximate surface area is 134 Å². The molecule has 0 radical (unpaired) electrons. The zero-order valence-electron chi connectivity index (χ0n) is 11.7. The number of halogens is 2. The summed E-state index contributed by atoms with van der Waals surface area (Å²) in [6.45, 7) is 1.57. The number of likely N-dealkylation sites (tertiary alicyclic amines) is 1. The fourth-order valence-corrected chi connectivity index (χ4v) is 2.63. The molecule has 0 bridgehead atoms. The number of nitrogens with one attached hydrogen (secondary N) is 1. The van der Waals surface area contributed by atoms with Crippen LogP contribution in [-0.4, -0.2) is 36.3 Å². The average Bonchev–Trinajstić information content (AvgIpc) is 2.76. The number of hydrogen-bond donors (Lipinski definition) is 1. The van der Waals surface area contributed by atoms with Crippen molar-refractivity contribution in [2.24, 2.45) is 0 Å². The molecule has 0 aliphatic carbocycles. The summed E-state index contributed by atoms with van der Waals surface area (Å²) in [5.74, 6) is -0.359. The normalized spacial score (nSPS) is 15.4. The molecule has 114 valence electrons. The highest BCUT2D eigenvalue weighted by atomic mass is 35.5. The quantitative estimate of drug-likeness (QED) is 0.926. The minimum Gasteiger partial charge on any atom is -0.343 e. The van der Waals surface area contributed by atoms with Crippen LogP contribution in [0.25, 0.3) is 0 Å². The average molecular weight is 329 g/mol. The van der Waals surface area contributed by atoms with E-state index in [2.05, 4.69) is 5.32 Å². The molecule has 1 aromatic carbocycles. The Kier molecular flexibility index (Phi) is 5.88. The Bertz CT molecular complexity index is 526. The van der Waals surface area contributed by atoms with Gasteiger partial charge in [-0.3, -0.25) is 9.59 Å². The van der Waals surface area contributed by atoms with Crippen LogP contribution in [0.3, 0.4) is 0 Å². The van der Waals surface area contributed by atoms with Gasteiger partial charge in [0.1, 0.15) is 0 Å². The van der Waals surface area contributed by atoms with Crippen LogP contribution in [0.15, 0.2) is 18.2 Å². The summed E-state index contributed by atoms with van der Waals surface area (Å²) < 4.78 is 0. The Hall–Kier alpha value is -1.26. The van der Waals surface area contributed by atoms with Crippen molar-refractivity contribution in [2.45, 2.75) is 25.7 Å². The molecule has 2 amide bonds. The SMILES string of the molecule is O=C(NCC(=O)N1CCCCCC1)c1ccc(Cl)c(Cl)c1. The second kappa shape index (κ2) is 7.66. The lowest BCUT2D eigenvalue weighted by molar-refractivity contribution is -0.130. The zero-order valence-corrected chi connectivity index (χ0v) is 13.2. The molecular formula is C15H18Cl2N2O2. The molecule has 0 saturated carbocycles. The molecule has 2 rings (SSSR count). The smallest absolute Gasteiger partial charge is 0.251 e. The van der Waals surface area contributed by atoms with Gasteiger partial charge in [-0.1, -0.05) is 36.0 Å². The third-order valence-electron chi connectivity index (χ3n) is 3.54. The summed E-state index contributed by atoms with van der Waals surface area (Å²) in [5, 5.41) is 3.35. The second-order valence-electron chi connectivity index (χ2n) is 5.11. The predicted molar refractivity (Wildman–Crippen MR) is 83.8 cm³/mol. The van der Waals surface area contributed by atoms with Crippen molar-refractivity contribution in [3.63, 3.8) is 0 Å². The molecule has 1 aromatic rings. The summed E-state index contributed by atoms with van der Waals surface area (Å²) in [4.78, 5) is 25.9. The van der Waals surface area contributed by atoms with Gasteiger partial charge in [0.25, 0.3) is 5.91 Å². The van der Waals surface area contributed by atoms with E-state index in [9.17, 15) is 9.59 Å². The number of benzene rings is 1. The van der Waals surface area contributed by atoms with Crippen LogP contribution in [0.4, 0.5) is 0 Å². The third kappa shape index (κ3) is 4.61. The molecule has 1 aliphatic rings. The maximum Gasteiger partial charge on any atom is 0.251 e. The van der Waals surface area contributed by atoms with E-state index in [4.69, 9.17) is 23.2 Å². The summed E-state index contributed by atoms with van der Waals surface area (Å²) in [7, 11) is 0. The van der Waals surface area contributed by atoms with E-state index >= 15 is 0 Å². The Morgan fingerprint density at radius 2 is 1.71 bits per heavy atom. The fraction of sp³-hybridized carbons (Fsp3) is 0.467. The molecular weight excluding hydrogens is 311 g/mol. The molecule has 1 heterocycles. The number of carbonyl (C=O) groups excluding carboxylic acids is 2. The minimum atomic E-state index is -0.322. The van der Waals surface area contributed by atoms with Crippen molar-refractivity contribution in [1.29, 1.82) is 0 Å². The van der Waals surface area contributed by atoms with E-state index in [0.29, 0.717) is 15.6 Å². The van der Waals surface area contributed by atoms with Gasteiger partial charge in [-0.15, -0.1) is 0 Å². The van der Waals surface area contributed by atoms with Gasteiger partial charge in [-0.2, -0.15) is 0 Å². The Morgan fingerprint density at radius 1 is 1.05 bits per heavy atom. The molecule has 0 unspecified atom stereocenters. The van der Waals surface area contributed by atoms with Gasteiger partial charge in [0.05, 0.1) is 16.6 Å². The summed E-state index contributed by atoms with van der Waals surface area (Å²) in [5.41, 5.74) is 0.396. The fourth-order valence-electron chi connectivity index (χ4n) is 2.33. The van der Waals surface area contributed by atoms with Gasteiger partial charge in [0.15, 0.2) is 0 Å². The first-order valence-electron chi connectivity index (χ1n) is 7.09. The summed E-state index contributed by atoms with van der Waals surface area (Å²) in [6, 6.07) is 4.64. The standard InChI is InChI=1S/C15H18Cl2N2O2/c16-12-6-5-11(9-13(12)17)15(21)18-10-14(20)19-7-3-1-2-4-8-19/h5-6,9H,1-4,7-8,10H2,(H,18,21). The van der Waals surface area contributed by atoms with Gasteiger partial charge >= 0.3 is 0 Å². The van der Waals surface area contributed by atoms with Crippen LogP contribution in [0, 0.1) is 0 Å². The van der Waals surface area contributed by atoms with Gasteiger partial charge in [0, 0.05) is 18.7 Å². The summed E-state index contributed by atoms with van der Waals surface area (Å²) in [6.07, 6.45) is 4.40. The number of nitrogens with zero attached hydrogens (tertiary/aromatic N) is 1. The lowest BCUT2D eigenvalue weighted by Gasteiger charge is -2.20. The molecule has 0 atom stereocenters. The first kappa shape index (κ1) is 16.1. The van der Waals surface area contributed by atoms with E-state index in [1.165, 1.54) is 18.9 Å². The summed E-state index contributed by atoms with van der Waals surface area (Å²) >= 11 is 11.7. The molecule has 0 aromatic heterocycles. The third-order valence-corrected chi connectivity index (χ3v) is 4.28. The van der Waals surface area contributed by atoms with Crippen LogP contribution in [0.1, 0.15) is 36.0 Å². The molecule has 1 N–H and O–H groups in total. The van der Waals surface area contributed by atoms with Gasteiger partial charge in [-0.05, 0) is 31.0 Å². The van der Waals surface area contributed by atoms with Crippen molar-refractivity contribution in [2.75, 3.05) is 19.6 Å². The monoisotopic (exact) mass is 328 g/mol. The van der Waals surface area contributed by atoms with E-state index in [1.54, 1.807) is 12.1 Å². The van der Waals surface area contributed by atoms with E-state index in [1.807, 2.05) is 4.90 Å². The number of carbonyl (C=O) groups is 2. The van der Waals surface area contributed by atoms with Crippen molar-refractivity contribution in [3.8, 4) is 0 Å². The second-order valence-corrected chi connectivity index (χ2v) is 5.92. The van der Waals surface area contributed by atoms with E-state index < -0.39 is 0 Å². The molecule has 1 aliphatic heterocycles. The first-order chi connectivity index (χ1) is 10.1. The Morgan fingerprint density at radius 3 is 2.33 bits per heavy atom.